The number of nitriles is 1. The zero-order valence-electron chi connectivity index (χ0n) is 5.97. The first-order chi connectivity index (χ1) is 3.93. The van der Waals surface area contributed by atoms with Crippen molar-refractivity contribution in [2.45, 2.75) is 0 Å². The number of rotatable bonds is 0. The average molecular weight is 249 g/mol. The van der Waals surface area contributed by atoms with Gasteiger partial charge in [-0.3, -0.25) is 0 Å². The van der Waals surface area contributed by atoms with Crippen LogP contribution in [0.2, 0.25) is 0 Å². The van der Waals surface area contributed by atoms with Crippen molar-refractivity contribution in [3.8, 4) is 6.07 Å². The van der Waals surface area contributed by atoms with Gasteiger partial charge in [0.25, 0.3) is 0 Å². The Morgan fingerprint density at radius 1 is 0.833 bits per heavy atom. The van der Waals surface area contributed by atoms with Crippen LogP contribution in [0.25, 0.3) is 0 Å². The predicted octanol–water partition coefficient (Wildman–Crippen LogP) is 3.25. The smallest absolute Gasteiger partial charge is 0.0991 e. The second-order valence-electron chi connectivity index (χ2n) is 1.48. The minimum absolute atomic E-state index is 0. The van der Waals surface area contributed by atoms with Crippen LogP contribution in [-0.4, -0.2) is 0 Å². The molecule has 0 saturated carbocycles. The van der Waals surface area contributed by atoms with E-state index >= 15 is 0 Å². The van der Waals surface area contributed by atoms with Crippen LogP contribution in [0, 0.1) is 11.3 Å². The molecule has 5 heteroatoms. The molecule has 0 aliphatic rings. The summed E-state index contributed by atoms with van der Waals surface area (Å²) >= 11 is 0. The number of benzene rings is 1. The fourth-order valence-corrected chi connectivity index (χ4v) is 0.513. The lowest BCUT2D eigenvalue weighted by molar-refractivity contribution is 1.49. The Kier molecular flexibility index (Phi) is 25.4. The zero-order valence-corrected chi connectivity index (χ0v) is 9.23. The molecule has 0 saturated heterocycles. The molecule has 70 valence electrons. The van der Waals surface area contributed by atoms with Gasteiger partial charge in [0, 0.05) is 0 Å². The van der Waals surface area contributed by atoms with Crippen molar-refractivity contribution in [1.29, 1.82) is 5.26 Å². The molecule has 0 amide bonds. The van der Waals surface area contributed by atoms with Gasteiger partial charge < -0.3 is 0 Å². The summed E-state index contributed by atoms with van der Waals surface area (Å²) in [6.45, 7) is 0. The maximum Gasteiger partial charge on any atom is 0.0991 e. The molecule has 0 unspecified atom stereocenters. The molecule has 0 heterocycles. The van der Waals surface area contributed by atoms with Crippen molar-refractivity contribution in [2.24, 2.45) is 0 Å². The minimum Gasteiger partial charge on any atom is -0.192 e. The molecule has 0 aliphatic heterocycles. The number of hydrogen-bond acceptors (Lipinski definition) is 1. The topological polar surface area (TPSA) is 23.8 Å². The van der Waals surface area contributed by atoms with Crippen LogP contribution in [0.1, 0.15) is 5.56 Å². The Hall–Kier alpha value is -0.130. The van der Waals surface area contributed by atoms with Gasteiger partial charge in [-0.1, -0.05) is 18.2 Å². The molecule has 0 atom stereocenters. The maximum absolute atomic E-state index is 8.29. The molecule has 0 aromatic heterocycles. The second kappa shape index (κ2) is 13.5. The summed E-state index contributed by atoms with van der Waals surface area (Å²) in [7, 11) is 0. The fourth-order valence-electron chi connectivity index (χ4n) is 0.513. The van der Waals surface area contributed by atoms with Gasteiger partial charge in [0.2, 0.25) is 0 Å². The van der Waals surface area contributed by atoms with E-state index in [1.54, 1.807) is 12.1 Å². The normalized spacial score (nSPS) is 5.25. The molecule has 0 radical (unpaired) electrons. The second-order valence-corrected chi connectivity index (χ2v) is 1.48. The third-order valence-electron chi connectivity index (χ3n) is 0.903. The van der Waals surface area contributed by atoms with Crippen molar-refractivity contribution >= 4 is 49.6 Å². The largest absolute Gasteiger partial charge is 0.192 e. The summed E-state index contributed by atoms with van der Waals surface area (Å²) in [6, 6.07) is 11.2. The van der Waals surface area contributed by atoms with Crippen molar-refractivity contribution in [1.82, 2.24) is 0 Å². The van der Waals surface area contributed by atoms with Crippen molar-refractivity contribution < 1.29 is 0 Å². The van der Waals surface area contributed by atoms with E-state index in [0.29, 0.717) is 5.56 Å². The maximum atomic E-state index is 8.29. The fraction of sp³-hybridized carbons (Fsp3) is 0. The summed E-state index contributed by atoms with van der Waals surface area (Å²) in [5, 5.41) is 8.29. The molecular formula is C7H9Cl4N. The van der Waals surface area contributed by atoms with Crippen molar-refractivity contribution in [2.75, 3.05) is 0 Å². The first kappa shape index (κ1) is 22.6. The van der Waals surface area contributed by atoms with E-state index < -0.39 is 0 Å². The predicted molar refractivity (Wildman–Crippen MR) is 60.1 cm³/mol. The lowest BCUT2D eigenvalue weighted by atomic mass is 10.2. The molecule has 0 bridgehead atoms. The summed E-state index contributed by atoms with van der Waals surface area (Å²) in [6.07, 6.45) is 0. The van der Waals surface area contributed by atoms with E-state index in [1.807, 2.05) is 24.3 Å². The van der Waals surface area contributed by atoms with E-state index in [2.05, 4.69) is 0 Å². The highest BCUT2D eigenvalue weighted by molar-refractivity contribution is 5.86. The van der Waals surface area contributed by atoms with Gasteiger partial charge in [-0.25, -0.2) is 0 Å². The van der Waals surface area contributed by atoms with Gasteiger partial charge in [0.1, 0.15) is 0 Å². The lowest BCUT2D eigenvalue weighted by Crippen LogP contribution is -1.66. The number of hydrogen-bond donors (Lipinski definition) is 0. The molecule has 0 fully saturated rings. The summed E-state index contributed by atoms with van der Waals surface area (Å²) in [4.78, 5) is 0. The van der Waals surface area contributed by atoms with Crippen LogP contribution in [-0.2, 0) is 0 Å². The SMILES string of the molecule is Cl.Cl.Cl.Cl.N#Cc1ccccc1. The van der Waals surface area contributed by atoms with Crippen LogP contribution in [0.5, 0.6) is 0 Å². The summed E-state index contributed by atoms with van der Waals surface area (Å²) < 4.78 is 0. The molecule has 0 aliphatic carbocycles. The Balaban J connectivity index is -0.0000000800. The van der Waals surface area contributed by atoms with Crippen LogP contribution in [0.4, 0.5) is 0 Å². The third kappa shape index (κ3) is 7.97. The van der Waals surface area contributed by atoms with Gasteiger partial charge in [-0.15, -0.1) is 49.6 Å². The first-order valence-corrected chi connectivity index (χ1v) is 2.38. The van der Waals surface area contributed by atoms with E-state index in [9.17, 15) is 0 Å². The van der Waals surface area contributed by atoms with E-state index in [-0.39, 0.29) is 49.6 Å². The van der Waals surface area contributed by atoms with Crippen LogP contribution >= 0.6 is 49.6 Å². The number of nitrogens with zero attached hydrogens (tertiary/aromatic N) is 1. The molecule has 1 nitrogen and oxygen atoms in total. The lowest BCUT2D eigenvalue weighted by Gasteiger charge is -1.80. The Morgan fingerprint density at radius 2 is 1.25 bits per heavy atom. The van der Waals surface area contributed by atoms with E-state index in [0.717, 1.165) is 0 Å². The minimum atomic E-state index is 0. The Morgan fingerprint density at radius 3 is 1.50 bits per heavy atom. The highest BCUT2D eigenvalue weighted by atomic mass is 35.5. The van der Waals surface area contributed by atoms with Gasteiger partial charge >= 0.3 is 0 Å². The van der Waals surface area contributed by atoms with Crippen LogP contribution in [0.15, 0.2) is 30.3 Å². The van der Waals surface area contributed by atoms with E-state index in [4.69, 9.17) is 5.26 Å². The molecular weight excluding hydrogens is 240 g/mol. The van der Waals surface area contributed by atoms with Gasteiger partial charge in [-0.05, 0) is 12.1 Å². The molecule has 1 aromatic carbocycles. The zero-order chi connectivity index (χ0) is 5.82. The molecule has 0 spiro atoms. The van der Waals surface area contributed by atoms with Gasteiger partial charge in [0.15, 0.2) is 0 Å². The number of halogens is 4. The Bertz CT molecular complexity index is 206. The molecule has 1 aromatic rings. The monoisotopic (exact) mass is 247 g/mol. The van der Waals surface area contributed by atoms with Crippen LogP contribution < -0.4 is 0 Å². The van der Waals surface area contributed by atoms with Crippen molar-refractivity contribution in [3.05, 3.63) is 35.9 Å². The van der Waals surface area contributed by atoms with Gasteiger partial charge in [-0.2, -0.15) is 5.26 Å². The third-order valence-corrected chi connectivity index (χ3v) is 0.903. The van der Waals surface area contributed by atoms with E-state index in [1.165, 1.54) is 0 Å². The first-order valence-electron chi connectivity index (χ1n) is 2.38. The average Bonchev–Trinajstić information content (AvgIpc) is 1.90. The highest BCUT2D eigenvalue weighted by Gasteiger charge is 1.79. The van der Waals surface area contributed by atoms with Crippen molar-refractivity contribution in [3.63, 3.8) is 0 Å². The summed E-state index contributed by atoms with van der Waals surface area (Å²) in [5.41, 5.74) is 0.715. The van der Waals surface area contributed by atoms with Crippen LogP contribution in [0.3, 0.4) is 0 Å². The quantitative estimate of drug-likeness (QED) is 0.692. The summed E-state index contributed by atoms with van der Waals surface area (Å²) in [5.74, 6) is 0. The van der Waals surface area contributed by atoms with Gasteiger partial charge in [0.05, 0.1) is 11.6 Å². The molecule has 1 rings (SSSR count). The Labute approximate surface area is 96.8 Å². The highest BCUT2D eigenvalue weighted by Crippen LogP contribution is 1.92. The standard InChI is InChI=1S/C7H5N.4ClH/c8-6-7-4-2-1-3-5-7;;;;/h1-5H;4*1H. The molecule has 0 N–H and O–H groups in total. The molecule has 12 heavy (non-hydrogen) atoms.